The molecule has 0 atom stereocenters. The molecular weight excluding hydrogens is 274 g/mol. The van der Waals surface area contributed by atoms with E-state index >= 15 is 0 Å². The van der Waals surface area contributed by atoms with Crippen molar-refractivity contribution in [2.45, 2.75) is 19.8 Å². The minimum Gasteiger partial charge on any atom is -0.497 e. The van der Waals surface area contributed by atoms with Gasteiger partial charge in [0.05, 0.1) is 7.11 Å². The van der Waals surface area contributed by atoms with E-state index < -0.39 is 0 Å². The van der Waals surface area contributed by atoms with Crippen molar-refractivity contribution in [2.75, 3.05) is 19.1 Å². The van der Waals surface area contributed by atoms with Gasteiger partial charge in [-0.1, -0.05) is 24.6 Å². The van der Waals surface area contributed by atoms with Crippen molar-refractivity contribution in [1.29, 1.82) is 0 Å². The molecule has 0 spiro atoms. The molecule has 0 unspecified atom stereocenters. The summed E-state index contributed by atoms with van der Waals surface area (Å²) in [6.07, 6.45) is 1.81. The number of hydrogen-bond donors (Lipinski definition) is 0. The van der Waals surface area contributed by atoms with Gasteiger partial charge in [0.1, 0.15) is 22.5 Å². The Kier molecular flexibility index (Phi) is 4.79. The summed E-state index contributed by atoms with van der Waals surface area (Å²) in [5, 5.41) is 0.466. The van der Waals surface area contributed by atoms with E-state index in [9.17, 15) is 0 Å². The number of methoxy groups -OCH3 is 1. The third kappa shape index (κ3) is 3.39. The minimum absolute atomic E-state index is 0.466. The Labute approximate surface area is 124 Å². The fourth-order valence-electron chi connectivity index (χ4n) is 1.91. The molecule has 0 aliphatic heterocycles. The van der Waals surface area contributed by atoms with Gasteiger partial charge < -0.3 is 9.64 Å². The maximum absolute atomic E-state index is 6.07. The second-order valence-corrected chi connectivity index (χ2v) is 4.86. The third-order valence-corrected chi connectivity index (χ3v) is 3.18. The SMILES string of the molecule is CCCc1nc(Cl)cc(N(C)c2cccc(OC)c2)n1. The van der Waals surface area contributed by atoms with Crippen LogP contribution in [0.4, 0.5) is 11.5 Å². The van der Waals surface area contributed by atoms with E-state index in [1.165, 1.54) is 0 Å². The first-order valence-corrected chi connectivity index (χ1v) is 6.93. The molecule has 4 nitrogen and oxygen atoms in total. The second-order valence-electron chi connectivity index (χ2n) is 4.48. The van der Waals surface area contributed by atoms with Crippen LogP contribution in [0.2, 0.25) is 5.15 Å². The number of nitrogens with zero attached hydrogens (tertiary/aromatic N) is 3. The Morgan fingerprint density at radius 1 is 1.25 bits per heavy atom. The highest BCUT2D eigenvalue weighted by molar-refractivity contribution is 6.29. The zero-order valence-electron chi connectivity index (χ0n) is 11.9. The lowest BCUT2D eigenvalue weighted by Gasteiger charge is -2.19. The van der Waals surface area contributed by atoms with E-state index in [2.05, 4.69) is 16.9 Å². The van der Waals surface area contributed by atoms with Crippen LogP contribution in [0.1, 0.15) is 19.2 Å². The normalized spacial score (nSPS) is 10.4. The van der Waals surface area contributed by atoms with E-state index in [1.54, 1.807) is 13.2 Å². The van der Waals surface area contributed by atoms with Crippen LogP contribution in [0.3, 0.4) is 0 Å². The summed E-state index contributed by atoms with van der Waals surface area (Å²) < 4.78 is 5.24. The summed E-state index contributed by atoms with van der Waals surface area (Å²) in [6.45, 7) is 2.09. The molecule has 2 rings (SSSR count). The Morgan fingerprint density at radius 2 is 2.05 bits per heavy atom. The lowest BCUT2D eigenvalue weighted by atomic mass is 10.2. The van der Waals surface area contributed by atoms with Crippen LogP contribution in [0.5, 0.6) is 5.75 Å². The van der Waals surface area contributed by atoms with Crippen molar-refractivity contribution in [1.82, 2.24) is 9.97 Å². The van der Waals surface area contributed by atoms with Gasteiger partial charge in [-0.25, -0.2) is 9.97 Å². The predicted octanol–water partition coefficient (Wildman–Crippen LogP) is 3.86. The zero-order valence-corrected chi connectivity index (χ0v) is 12.7. The van der Waals surface area contributed by atoms with Crippen LogP contribution < -0.4 is 9.64 Å². The molecule has 0 aliphatic rings. The maximum atomic E-state index is 6.07. The molecule has 0 fully saturated rings. The molecular formula is C15H18ClN3O. The largest absolute Gasteiger partial charge is 0.497 e. The van der Waals surface area contributed by atoms with E-state index in [-0.39, 0.29) is 0 Å². The molecule has 5 heteroatoms. The van der Waals surface area contributed by atoms with Gasteiger partial charge in [0.2, 0.25) is 0 Å². The minimum atomic E-state index is 0.466. The number of benzene rings is 1. The van der Waals surface area contributed by atoms with Crippen LogP contribution in [-0.4, -0.2) is 24.1 Å². The van der Waals surface area contributed by atoms with Crippen molar-refractivity contribution in [3.8, 4) is 5.75 Å². The number of anilines is 2. The quantitative estimate of drug-likeness (QED) is 0.784. The predicted molar refractivity (Wildman–Crippen MR) is 82.1 cm³/mol. The number of aryl methyl sites for hydroxylation is 1. The molecule has 0 radical (unpaired) electrons. The van der Waals surface area contributed by atoms with Crippen molar-refractivity contribution in [3.05, 3.63) is 41.3 Å². The molecule has 0 bridgehead atoms. The van der Waals surface area contributed by atoms with E-state index in [4.69, 9.17) is 16.3 Å². The van der Waals surface area contributed by atoms with Gasteiger partial charge >= 0.3 is 0 Å². The van der Waals surface area contributed by atoms with Crippen LogP contribution >= 0.6 is 11.6 Å². The fraction of sp³-hybridized carbons (Fsp3) is 0.333. The molecule has 20 heavy (non-hydrogen) atoms. The molecule has 0 saturated heterocycles. The molecule has 0 saturated carbocycles. The summed E-state index contributed by atoms with van der Waals surface area (Å²) in [6, 6.07) is 9.57. The van der Waals surface area contributed by atoms with Gasteiger partial charge in [-0.3, -0.25) is 0 Å². The average Bonchev–Trinajstić information content (AvgIpc) is 2.46. The Morgan fingerprint density at radius 3 is 2.75 bits per heavy atom. The third-order valence-electron chi connectivity index (χ3n) is 2.99. The standard InChI is InChI=1S/C15H18ClN3O/c1-4-6-14-17-13(16)10-15(18-14)19(2)11-7-5-8-12(9-11)20-3/h5,7-10H,4,6H2,1-3H3. The van der Waals surface area contributed by atoms with Gasteiger partial charge in [0, 0.05) is 31.3 Å². The van der Waals surface area contributed by atoms with Gasteiger partial charge in [-0.15, -0.1) is 0 Å². The van der Waals surface area contributed by atoms with E-state index in [0.717, 1.165) is 35.9 Å². The highest BCUT2D eigenvalue weighted by atomic mass is 35.5. The highest BCUT2D eigenvalue weighted by Gasteiger charge is 2.10. The van der Waals surface area contributed by atoms with Gasteiger partial charge in [-0.2, -0.15) is 0 Å². The van der Waals surface area contributed by atoms with Gasteiger partial charge in [0.25, 0.3) is 0 Å². The average molecular weight is 292 g/mol. The van der Waals surface area contributed by atoms with Crippen LogP contribution in [-0.2, 0) is 6.42 Å². The lowest BCUT2D eigenvalue weighted by molar-refractivity contribution is 0.415. The maximum Gasteiger partial charge on any atom is 0.137 e. The van der Waals surface area contributed by atoms with Crippen LogP contribution in [0, 0.1) is 0 Å². The van der Waals surface area contributed by atoms with Crippen molar-refractivity contribution in [3.63, 3.8) is 0 Å². The van der Waals surface area contributed by atoms with Crippen LogP contribution in [0.15, 0.2) is 30.3 Å². The summed E-state index contributed by atoms with van der Waals surface area (Å²) >= 11 is 6.07. The molecule has 1 aromatic heterocycles. The van der Waals surface area contributed by atoms with E-state index in [1.807, 2.05) is 36.2 Å². The lowest BCUT2D eigenvalue weighted by Crippen LogP contribution is -2.13. The molecule has 106 valence electrons. The number of ether oxygens (including phenoxy) is 1. The van der Waals surface area contributed by atoms with Crippen molar-refractivity contribution in [2.24, 2.45) is 0 Å². The monoisotopic (exact) mass is 291 g/mol. The highest BCUT2D eigenvalue weighted by Crippen LogP contribution is 2.26. The first-order chi connectivity index (χ1) is 9.63. The van der Waals surface area contributed by atoms with Crippen LogP contribution in [0.25, 0.3) is 0 Å². The Hall–Kier alpha value is -1.81. The van der Waals surface area contributed by atoms with Gasteiger partial charge in [0.15, 0.2) is 0 Å². The number of aromatic nitrogens is 2. The summed E-state index contributed by atoms with van der Waals surface area (Å²) in [7, 11) is 3.60. The Balaban J connectivity index is 2.34. The molecule has 0 amide bonds. The number of rotatable bonds is 5. The first kappa shape index (κ1) is 14.6. The fourth-order valence-corrected chi connectivity index (χ4v) is 2.11. The smallest absolute Gasteiger partial charge is 0.137 e. The number of halogens is 1. The summed E-state index contributed by atoms with van der Waals surface area (Å²) in [5.41, 5.74) is 0.988. The zero-order chi connectivity index (χ0) is 14.5. The summed E-state index contributed by atoms with van der Waals surface area (Å²) in [5.74, 6) is 2.36. The molecule has 0 aliphatic carbocycles. The number of hydrogen-bond acceptors (Lipinski definition) is 4. The first-order valence-electron chi connectivity index (χ1n) is 6.55. The van der Waals surface area contributed by atoms with Crippen molar-refractivity contribution >= 4 is 23.1 Å². The molecule has 0 N–H and O–H groups in total. The molecule has 2 aromatic rings. The Bertz CT molecular complexity index is 589. The van der Waals surface area contributed by atoms with E-state index in [0.29, 0.717) is 5.15 Å². The molecule has 1 aromatic carbocycles. The summed E-state index contributed by atoms with van der Waals surface area (Å²) in [4.78, 5) is 10.7. The topological polar surface area (TPSA) is 38.2 Å². The second kappa shape index (κ2) is 6.57. The molecule has 1 heterocycles. The van der Waals surface area contributed by atoms with Crippen molar-refractivity contribution < 1.29 is 4.74 Å². The van der Waals surface area contributed by atoms with Gasteiger partial charge in [-0.05, 0) is 18.6 Å².